The normalized spacial score (nSPS) is 10.9. The molecule has 0 radical (unpaired) electrons. The monoisotopic (exact) mass is 433 g/mol. The van der Waals surface area contributed by atoms with Crippen LogP contribution in [0.2, 0.25) is 0 Å². The molecule has 0 aromatic heterocycles. The molecule has 2 N–H and O–H groups in total. The van der Waals surface area contributed by atoms with Crippen molar-refractivity contribution in [1.29, 1.82) is 0 Å². The number of alkyl carbamates (subject to hydrolysis) is 1. The van der Waals surface area contributed by atoms with Crippen LogP contribution in [0.25, 0.3) is 0 Å². The maximum atomic E-state index is 11.7. The maximum Gasteiger partial charge on any atom is 0.407 e. The summed E-state index contributed by atoms with van der Waals surface area (Å²) < 4.78 is 5.26. The van der Waals surface area contributed by atoms with Gasteiger partial charge in [-0.1, -0.05) is 103 Å². The van der Waals surface area contributed by atoms with Crippen molar-refractivity contribution in [2.24, 2.45) is 0 Å². The predicted octanol–water partition coefficient (Wildman–Crippen LogP) is 7.92. The smallest absolute Gasteiger partial charge is 0.407 e. The Morgan fingerprint density at radius 3 is 1.87 bits per heavy atom. The maximum absolute atomic E-state index is 11.7. The fourth-order valence-electron chi connectivity index (χ4n) is 3.82. The molecular weight excluding hydrogens is 386 g/mol. The zero-order valence-electron chi connectivity index (χ0n) is 20.0. The van der Waals surface area contributed by atoms with Gasteiger partial charge in [-0.25, -0.2) is 4.79 Å². The number of phenolic OH excluding ortho intramolecular Hbond substituents is 1. The second kappa shape index (κ2) is 20.2. The zero-order chi connectivity index (χ0) is 22.4. The highest BCUT2D eigenvalue weighted by Crippen LogP contribution is 2.13. The van der Waals surface area contributed by atoms with Gasteiger partial charge in [0.15, 0.2) is 0 Å². The minimum atomic E-state index is -0.271. The number of hydrogen-bond donors (Lipinski definition) is 2. The summed E-state index contributed by atoms with van der Waals surface area (Å²) in [5.41, 5.74) is 1.26. The molecule has 0 spiro atoms. The third-order valence-corrected chi connectivity index (χ3v) is 5.83. The molecule has 0 heterocycles. The number of aryl methyl sites for hydroxylation is 1. The number of nitrogens with one attached hydrogen (secondary N) is 1. The topological polar surface area (TPSA) is 58.6 Å². The minimum absolute atomic E-state index is 0.271. The second-order valence-corrected chi connectivity index (χ2v) is 8.78. The third-order valence-electron chi connectivity index (χ3n) is 5.83. The van der Waals surface area contributed by atoms with E-state index in [0.717, 1.165) is 44.9 Å². The Balaban J connectivity index is 1.77. The van der Waals surface area contributed by atoms with Crippen LogP contribution in [0, 0.1) is 0 Å². The van der Waals surface area contributed by atoms with Gasteiger partial charge in [0, 0.05) is 6.54 Å². The summed E-state index contributed by atoms with van der Waals surface area (Å²) in [6, 6.07) is 7.43. The molecule has 0 unspecified atom stereocenters. The van der Waals surface area contributed by atoms with E-state index in [9.17, 15) is 9.90 Å². The first kappa shape index (κ1) is 27.3. The fraction of sp³-hybridized carbons (Fsp3) is 0.741. The first-order valence-electron chi connectivity index (χ1n) is 12.9. The quantitative estimate of drug-likeness (QED) is 0.205. The van der Waals surface area contributed by atoms with Gasteiger partial charge in [0.25, 0.3) is 0 Å². The number of phenols is 1. The molecule has 0 aliphatic rings. The van der Waals surface area contributed by atoms with E-state index in [1.54, 1.807) is 12.1 Å². The molecule has 1 rings (SSSR count). The molecule has 1 amide bonds. The van der Waals surface area contributed by atoms with Crippen LogP contribution in [0.1, 0.15) is 115 Å². The zero-order valence-corrected chi connectivity index (χ0v) is 20.0. The Kier molecular flexibility index (Phi) is 17.8. The number of rotatable bonds is 20. The van der Waals surface area contributed by atoms with Crippen LogP contribution in [0.3, 0.4) is 0 Å². The van der Waals surface area contributed by atoms with E-state index in [-0.39, 0.29) is 6.09 Å². The van der Waals surface area contributed by atoms with Crippen molar-refractivity contribution in [3.05, 3.63) is 29.8 Å². The standard InChI is InChI=1S/C27H47NO3/c1-2-3-4-5-6-7-8-9-10-11-14-17-24-31-27(30)28-23-16-13-12-15-18-25-19-21-26(29)22-20-25/h19-22,29H,2-18,23-24H2,1H3,(H,28,30). The van der Waals surface area contributed by atoms with Gasteiger partial charge in [-0.05, 0) is 43.4 Å². The predicted molar refractivity (Wildman–Crippen MR) is 131 cm³/mol. The van der Waals surface area contributed by atoms with E-state index < -0.39 is 0 Å². The van der Waals surface area contributed by atoms with Crippen molar-refractivity contribution in [2.45, 2.75) is 116 Å². The Morgan fingerprint density at radius 2 is 1.26 bits per heavy atom. The largest absolute Gasteiger partial charge is 0.508 e. The van der Waals surface area contributed by atoms with Gasteiger partial charge in [0.2, 0.25) is 0 Å². The highest BCUT2D eigenvalue weighted by Gasteiger charge is 2.01. The van der Waals surface area contributed by atoms with Crippen LogP contribution in [0.15, 0.2) is 24.3 Å². The molecule has 0 bridgehead atoms. The number of carbonyl (C=O) groups excluding carboxylic acids is 1. The number of ether oxygens (including phenoxy) is 1. The van der Waals surface area contributed by atoms with Crippen LogP contribution in [0.5, 0.6) is 5.75 Å². The number of unbranched alkanes of at least 4 members (excludes halogenated alkanes) is 14. The van der Waals surface area contributed by atoms with Crippen molar-refractivity contribution in [3.63, 3.8) is 0 Å². The van der Waals surface area contributed by atoms with Gasteiger partial charge in [-0.15, -0.1) is 0 Å². The molecule has 1 aromatic carbocycles. The number of amides is 1. The van der Waals surface area contributed by atoms with E-state index in [1.165, 1.54) is 69.8 Å². The van der Waals surface area contributed by atoms with E-state index in [4.69, 9.17) is 4.74 Å². The highest BCUT2D eigenvalue weighted by molar-refractivity contribution is 5.66. The highest BCUT2D eigenvalue weighted by atomic mass is 16.5. The molecule has 0 aliphatic carbocycles. The van der Waals surface area contributed by atoms with Crippen molar-refractivity contribution >= 4 is 6.09 Å². The summed E-state index contributed by atoms with van der Waals surface area (Å²) >= 11 is 0. The SMILES string of the molecule is CCCCCCCCCCCCCCOC(=O)NCCCCCCc1ccc(O)cc1. The van der Waals surface area contributed by atoms with Crippen molar-refractivity contribution in [3.8, 4) is 5.75 Å². The van der Waals surface area contributed by atoms with Crippen LogP contribution >= 0.6 is 0 Å². The van der Waals surface area contributed by atoms with Gasteiger partial charge >= 0.3 is 6.09 Å². The molecule has 0 aliphatic heterocycles. The van der Waals surface area contributed by atoms with Gasteiger partial charge in [0.1, 0.15) is 5.75 Å². The van der Waals surface area contributed by atoms with E-state index in [2.05, 4.69) is 12.2 Å². The lowest BCUT2D eigenvalue weighted by Crippen LogP contribution is -2.25. The molecule has 0 saturated heterocycles. The summed E-state index contributed by atoms with van der Waals surface area (Å²) in [6.07, 6.45) is 20.9. The molecule has 0 atom stereocenters. The third kappa shape index (κ3) is 17.6. The molecule has 0 saturated carbocycles. The Bertz CT molecular complexity index is 530. The molecule has 178 valence electrons. The van der Waals surface area contributed by atoms with Crippen LogP contribution in [-0.4, -0.2) is 24.4 Å². The molecule has 4 nitrogen and oxygen atoms in total. The lowest BCUT2D eigenvalue weighted by atomic mass is 10.1. The van der Waals surface area contributed by atoms with E-state index in [1.807, 2.05) is 12.1 Å². The number of hydrogen-bond acceptors (Lipinski definition) is 3. The first-order chi connectivity index (χ1) is 15.2. The first-order valence-corrected chi connectivity index (χ1v) is 12.9. The number of benzene rings is 1. The molecular formula is C27H47NO3. The number of aromatic hydroxyl groups is 1. The Labute approximate surface area is 191 Å². The molecule has 0 fully saturated rings. The van der Waals surface area contributed by atoms with E-state index >= 15 is 0 Å². The summed E-state index contributed by atoms with van der Waals surface area (Å²) in [5, 5.41) is 12.1. The minimum Gasteiger partial charge on any atom is -0.508 e. The molecule has 31 heavy (non-hydrogen) atoms. The van der Waals surface area contributed by atoms with Gasteiger partial charge in [0.05, 0.1) is 6.61 Å². The lowest BCUT2D eigenvalue weighted by Gasteiger charge is -2.07. The van der Waals surface area contributed by atoms with E-state index in [0.29, 0.717) is 18.9 Å². The average molecular weight is 434 g/mol. The second-order valence-electron chi connectivity index (χ2n) is 8.78. The lowest BCUT2D eigenvalue weighted by molar-refractivity contribution is 0.143. The van der Waals surface area contributed by atoms with Crippen LogP contribution in [-0.2, 0) is 11.2 Å². The Morgan fingerprint density at radius 1 is 0.742 bits per heavy atom. The van der Waals surface area contributed by atoms with Gasteiger partial charge in [-0.2, -0.15) is 0 Å². The van der Waals surface area contributed by atoms with Crippen molar-refractivity contribution < 1.29 is 14.6 Å². The average Bonchev–Trinajstić information content (AvgIpc) is 2.77. The number of carbonyl (C=O) groups is 1. The molecule has 4 heteroatoms. The summed E-state index contributed by atoms with van der Waals surface area (Å²) in [6.45, 7) is 3.50. The van der Waals surface area contributed by atoms with Crippen LogP contribution < -0.4 is 5.32 Å². The van der Waals surface area contributed by atoms with Crippen LogP contribution in [0.4, 0.5) is 4.79 Å². The van der Waals surface area contributed by atoms with Crippen molar-refractivity contribution in [2.75, 3.05) is 13.2 Å². The van der Waals surface area contributed by atoms with Crippen molar-refractivity contribution in [1.82, 2.24) is 5.32 Å². The Hall–Kier alpha value is -1.71. The fourth-order valence-corrected chi connectivity index (χ4v) is 3.82. The summed E-state index contributed by atoms with van der Waals surface area (Å²) in [5.74, 6) is 0.320. The van der Waals surface area contributed by atoms with Gasteiger partial charge in [-0.3, -0.25) is 0 Å². The summed E-state index contributed by atoms with van der Waals surface area (Å²) in [7, 11) is 0. The molecule has 1 aromatic rings. The summed E-state index contributed by atoms with van der Waals surface area (Å²) in [4.78, 5) is 11.7. The van der Waals surface area contributed by atoms with Gasteiger partial charge < -0.3 is 15.2 Å².